The highest BCUT2D eigenvalue weighted by Gasteiger charge is 2.32. The standard InChI is InChI=1S/C11H8F4N2O/c12-9-2-1-3-10(8(9)6-18)17-5-7(4-16-17)11(13,14)15/h1-5,18H,6H2. The van der Waals surface area contributed by atoms with Crippen molar-refractivity contribution in [3.63, 3.8) is 0 Å². The summed E-state index contributed by atoms with van der Waals surface area (Å²) in [4.78, 5) is 0. The molecule has 0 aliphatic carbocycles. The molecule has 1 heterocycles. The van der Waals surface area contributed by atoms with Crippen LogP contribution in [0, 0.1) is 5.82 Å². The second kappa shape index (κ2) is 4.41. The molecule has 1 aromatic carbocycles. The number of hydrogen-bond acceptors (Lipinski definition) is 2. The average Bonchev–Trinajstić information content (AvgIpc) is 2.77. The minimum atomic E-state index is -4.51. The fourth-order valence-electron chi connectivity index (χ4n) is 1.52. The second-order valence-corrected chi connectivity index (χ2v) is 3.57. The van der Waals surface area contributed by atoms with Crippen LogP contribution in [0.1, 0.15) is 11.1 Å². The van der Waals surface area contributed by atoms with Crippen LogP contribution >= 0.6 is 0 Å². The topological polar surface area (TPSA) is 38.0 Å². The summed E-state index contributed by atoms with van der Waals surface area (Å²) in [6.45, 7) is -0.622. The number of rotatable bonds is 2. The van der Waals surface area contributed by atoms with Gasteiger partial charge in [-0.3, -0.25) is 0 Å². The van der Waals surface area contributed by atoms with Gasteiger partial charge >= 0.3 is 6.18 Å². The van der Waals surface area contributed by atoms with E-state index >= 15 is 0 Å². The first kappa shape index (κ1) is 12.6. The van der Waals surface area contributed by atoms with Crippen molar-refractivity contribution in [3.05, 3.63) is 47.5 Å². The summed E-state index contributed by atoms with van der Waals surface area (Å²) in [5.41, 5.74) is -0.960. The Morgan fingerprint density at radius 3 is 2.56 bits per heavy atom. The van der Waals surface area contributed by atoms with E-state index in [0.29, 0.717) is 6.20 Å². The van der Waals surface area contributed by atoms with Crippen molar-refractivity contribution in [2.45, 2.75) is 12.8 Å². The van der Waals surface area contributed by atoms with E-state index in [9.17, 15) is 17.6 Å². The lowest BCUT2D eigenvalue weighted by atomic mass is 10.2. The molecule has 0 fully saturated rings. The molecule has 0 bridgehead atoms. The van der Waals surface area contributed by atoms with Gasteiger partial charge < -0.3 is 5.11 Å². The van der Waals surface area contributed by atoms with Gasteiger partial charge in [-0.1, -0.05) is 6.07 Å². The summed E-state index contributed by atoms with van der Waals surface area (Å²) in [6.07, 6.45) is -3.12. The summed E-state index contributed by atoms with van der Waals surface area (Å²) in [5.74, 6) is -0.695. The molecule has 96 valence electrons. The van der Waals surface area contributed by atoms with Crippen LogP contribution in [0.4, 0.5) is 17.6 Å². The number of alkyl halides is 3. The fraction of sp³-hybridized carbons (Fsp3) is 0.182. The molecule has 0 unspecified atom stereocenters. The van der Waals surface area contributed by atoms with Gasteiger partial charge in [-0.05, 0) is 12.1 Å². The minimum Gasteiger partial charge on any atom is -0.391 e. The largest absolute Gasteiger partial charge is 0.419 e. The quantitative estimate of drug-likeness (QED) is 0.842. The molecule has 0 aliphatic heterocycles. The first-order valence-electron chi connectivity index (χ1n) is 4.94. The highest BCUT2D eigenvalue weighted by Crippen LogP contribution is 2.29. The van der Waals surface area contributed by atoms with Gasteiger partial charge in [0, 0.05) is 11.8 Å². The zero-order chi connectivity index (χ0) is 13.3. The smallest absolute Gasteiger partial charge is 0.391 e. The molecule has 0 radical (unpaired) electrons. The molecule has 0 aliphatic rings. The molecule has 2 rings (SSSR count). The molecule has 1 N–H and O–H groups in total. The molecule has 0 atom stereocenters. The van der Waals surface area contributed by atoms with E-state index in [4.69, 9.17) is 5.11 Å². The maximum absolute atomic E-state index is 13.4. The third-order valence-electron chi connectivity index (χ3n) is 2.41. The van der Waals surface area contributed by atoms with Crippen molar-refractivity contribution in [2.75, 3.05) is 0 Å². The summed E-state index contributed by atoms with van der Waals surface area (Å²) in [7, 11) is 0. The van der Waals surface area contributed by atoms with Gasteiger partial charge in [-0.25, -0.2) is 9.07 Å². The third-order valence-corrected chi connectivity index (χ3v) is 2.41. The molecule has 18 heavy (non-hydrogen) atoms. The van der Waals surface area contributed by atoms with Gasteiger partial charge in [0.15, 0.2) is 0 Å². The van der Waals surface area contributed by atoms with Gasteiger partial charge in [-0.2, -0.15) is 18.3 Å². The molecule has 0 saturated heterocycles. The number of aliphatic hydroxyl groups excluding tert-OH is 1. The highest BCUT2D eigenvalue weighted by atomic mass is 19.4. The van der Waals surface area contributed by atoms with Gasteiger partial charge in [-0.15, -0.1) is 0 Å². The highest BCUT2D eigenvalue weighted by molar-refractivity contribution is 5.41. The molecule has 0 amide bonds. The van der Waals surface area contributed by atoms with Crippen molar-refractivity contribution >= 4 is 0 Å². The van der Waals surface area contributed by atoms with Crippen molar-refractivity contribution in [1.29, 1.82) is 0 Å². The fourth-order valence-corrected chi connectivity index (χ4v) is 1.52. The van der Waals surface area contributed by atoms with E-state index in [1.165, 1.54) is 12.1 Å². The summed E-state index contributed by atoms with van der Waals surface area (Å²) < 4.78 is 51.4. The maximum Gasteiger partial charge on any atom is 0.419 e. The zero-order valence-electron chi connectivity index (χ0n) is 8.95. The number of benzene rings is 1. The molecule has 7 heteroatoms. The Labute approximate surface area is 99.3 Å². The lowest BCUT2D eigenvalue weighted by Gasteiger charge is -2.08. The van der Waals surface area contributed by atoms with Gasteiger partial charge in [0.2, 0.25) is 0 Å². The molecule has 1 aromatic heterocycles. The van der Waals surface area contributed by atoms with E-state index in [1.807, 2.05) is 0 Å². The number of halogens is 4. The minimum absolute atomic E-state index is 0.0769. The second-order valence-electron chi connectivity index (χ2n) is 3.57. The Morgan fingerprint density at radius 2 is 2.00 bits per heavy atom. The summed E-state index contributed by atoms with van der Waals surface area (Å²) in [6, 6.07) is 3.82. The lowest BCUT2D eigenvalue weighted by Crippen LogP contribution is -2.04. The number of nitrogens with zero attached hydrogens (tertiary/aromatic N) is 2. The molecule has 0 spiro atoms. The van der Waals surface area contributed by atoms with Crippen LogP contribution in [0.25, 0.3) is 5.69 Å². The van der Waals surface area contributed by atoms with E-state index in [-0.39, 0.29) is 11.3 Å². The van der Waals surface area contributed by atoms with Crippen LogP contribution in [0.2, 0.25) is 0 Å². The third kappa shape index (κ3) is 2.21. The van der Waals surface area contributed by atoms with Crippen molar-refractivity contribution < 1.29 is 22.7 Å². The average molecular weight is 260 g/mol. The number of hydrogen-bond donors (Lipinski definition) is 1. The van der Waals surface area contributed by atoms with E-state index in [0.717, 1.165) is 16.9 Å². The van der Waals surface area contributed by atoms with Gasteiger partial charge in [0.05, 0.1) is 24.1 Å². The van der Waals surface area contributed by atoms with Gasteiger partial charge in [0.25, 0.3) is 0 Å². The summed E-state index contributed by atoms with van der Waals surface area (Å²) >= 11 is 0. The van der Waals surface area contributed by atoms with Crippen LogP contribution in [-0.2, 0) is 12.8 Å². The molecule has 2 aromatic rings. The number of aromatic nitrogens is 2. The first-order chi connectivity index (χ1) is 8.43. The Balaban J connectivity index is 2.50. The predicted octanol–water partition coefficient (Wildman–Crippen LogP) is 2.52. The summed E-state index contributed by atoms with van der Waals surface area (Å²) in [5, 5.41) is 12.5. The molecule has 3 nitrogen and oxygen atoms in total. The Bertz CT molecular complexity index is 562. The van der Waals surface area contributed by atoms with Crippen LogP contribution < -0.4 is 0 Å². The van der Waals surface area contributed by atoms with Crippen LogP contribution in [0.3, 0.4) is 0 Å². The molecular formula is C11H8F4N2O. The van der Waals surface area contributed by atoms with Crippen molar-refractivity contribution in [2.24, 2.45) is 0 Å². The lowest BCUT2D eigenvalue weighted by molar-refractivity contribution is -0.137. The van der Waals surface area contributed by atoms with Crippen LogP contribution in [-0.4, -0.2) is 14.9 Å². The van der Waals surface area contributed by atoms with Gasteiger partial charge in [0.1, 0.15) is 5.82 Å². The monoisotopic (exact) mass is 260 g/mol. The predicted molar refractivity (Wildman–Crippen MR) is 54.4 cm³/mol. The maximum atomic E-state index is 13.4. The van der Waals surface area contributed by atoms with E-state index < -0.39 is 24.2 Å². The van der Waals surface area contributed by atoms with Crippen molar-refractivity contribution in [3.8, 4) is 5.69 Å². The van der Waals surface area contributed by atoms with Crippen molar-refractivity contribution in [1.82, 2.24) is 9.78 Å². The van der Waals surface area contributed by atoms with E-state index in [2.05, 4.69) is 5.10 Å². The van der Waals surface area contributed by atoms with Crippen LogP contribution in [0.15, 0.2) is 30.6 Å². The molecule has 0 saturated carbocycles. The Kier molecular flexibility index (Phi) is 3.08. The van der Waals surface area contributed by atoms with Crippen LogP contribution in [0.5, 0.6) is 0 Å². The Morgan fingerprint density at radius 1 is 1.28 bits per heavy atom. The van der Waals surface area contributed by atoms with E-state index in [1.54, 1.807) is 0 Å². The Hall–Kier alpha value is -1.89. The first-order valence-corrected chi connectivity index (χ1v) is 4.94. The SMILES string of the molecule is OCc1c(F)cccc1-n1cc(C(F)(F)F)cn1. The number of aliphatic hydroxyl groups is 1. The normalized spacial score (nSPS) is 11.8. The molecular weight excluding hydrogens is 252 g/mol. The zero-order valence-corrected chi connectivity index (χ0v) is 8.95.